The van der Waals surface area contributed by atoms with Crippen molar-refractivity contribution in [3.8, 4) is 34.5 Å². The fourth-order valence-electron chi connectivity index (χ4n) is 10.7. The molecule has 0 aliphatic rings. The van der Waals surface area contributed by atoms with E-state index in [9.17, 15) is 20.1 Å². The molecule has 3 aromatic rings. The number of rotatable bonds is 59. The second-order valence-electron chi connectivity index (χ2n) is 24.2. The summed E-state index contributed by atoms with van der Waals surface area (Å²) in [5.74, 6) is 3.07. The first kappa shape index (κ1) is 74.1. The number of aliphatic hydroxyl groups excluding tert-OH is 3. The van der Waals surface area contributed by atoms with Crippen molar-refractivity contribution in [2.45, 2.75) is 303 Å². The number of ether oxygens (including phenoxy) is 6. The van der Waals surface area contributed by atoms with E-state index in [0.29, 0.717) is 37.9 Å². The van der Waals surface area contributed by atoms with Crippen molar-refractivity contribution in [3.05, 3.63) is 71.3 Å². The van der Waals surface area contributed by atoms with Crippen molar-refractivity contribution in [3.63, 3.8) is 0 Å². The molecule has 11 nitrogen and oxygen atoms in total. The molecule has 11 heteroatoms. The molecule has 0 radical (unpaired) electrons. The summed E-state index contributed by atoms with van der Waals surface area (Å²) in [6.07, 6.45) is 50.3. The van der Waals surface area contributed by atoms with Crippen LogP contribution >= 0.6 is 0 Å². The number of hydrogen-bond donors (Lipinski definition) is 4. The third kappa shape index (κ3) is 36.7. The summed E-state index contributed by atoms with van der Waals surface area (Å²) < 4.78 is 38.6. The summed E-state index contributed by atoms with van der Waals surface area (Å²) in [6, 6.07) is 16.9. The van der Waals surface area contributed by atoms with Crippen LogP contribution in [0.25, 0.3) is 0 Å². The average molecular weight is 1170 g/mol. The highest BCUT2D eigenvalue weighted by Gasteiger charge is 2.31. The smallest absolute Gasteiger partial charge is 0.252 e. The number of carbonyl (C=O) groups is 1. The first-order valence-electron chi connectivity index (χ1n) is 34.7. The molecule has 0 aliphatic carbocycles. The molecule has 0 fully saturated rings. The minimum Gasteiger partial charge on any atom is -0.493 e. The van der Waals surface area contributed by atoms with Crippen LogP contribution in [0.1, 0.15) is 306 Å². The van der Waals surface area contributed by atoms with Crippen LogP contribution in [0.2, 0.25) is 0 Å². The van der Waals surface area contributed by atoms with Gasteiger partial charge in [-0.25, -0.2) is 0 Å². The van der Waals surface area contributed by atoms with Crippen LogP contribution in [-0.4, -0.2) is 73.0 Å². The number of carbonyl (C=O) groups excluding carboxylic acids is 1. The summed E-state index contributed by atoms with van der Waals surface area (Å²) in [5, 5.41) is 33.1. The van der Waals surface area contributed by atoms with Gasteiger partial charge in [0.2, 0.25) is 0 Å². The van der Waals surface area contributed by atoms with Crippen LogP contribution in [0.3, 0.4) is 0 Å². The van der Waals surface area contributed by atoms with E-state index < -0.39 is 31.3 Å². The predicted octanol–water partition coefficient (Wildman–Crippen LogP) is 19.5. The molecule has 0 atom stereocenters. The van der Waals surface area contributed by atoms with Gasteiger partial charge in [-0.3, -0.25) is 4.79 Å². The largest absolute Gasteiger partial charge is 0.493 e. The first-order chi connectivity index (χ1) is 41.3. The molecular formula is C73H123NO10. The van der Waals surface area contributed by atoms with E-state index in [1.54, 1.807) is 18.2 Å². The van der Waals surface area contributed by atoms with Gasteiger partial charge in [0.1, 0.15) is 53.2 Å². The van der Waals surface area contributed by atoms with Crippen molar-refractivity contribution in [2.24, 2.45) is 0 Å². The average Bonchev–Trinajstić information content (AvgIpc) is 3.69. The van der Waals surface area contributed by atoms with Crippen LogP contribution in [0.4, 0.5) is 0 Å². The summed E-state index contributed by atoms with van der Waals surface area (Å²) in [4.78, 5) is 13.9. The van der Waals surface area contributed by atoms with Gasteiger partial charge in [0.15, 0.2) is 0 Å². The number of aliphatic hydroxyl groups is 3. The lowest BCUT2D eigenvalue weighted by atomic mass is 10.0. The Labute approximate surface area is 512 Å². The van der Waals surface area contributed by atoms with E-state index in [1.165, 1.54) is 205 Å². The van der Waals surface area contributed by atoms with Gasteiger partial charge in [-0.2, -0.15) is 0 Å². The summed E-state index contributed by atoms with van der Waals surface area (Å²) >= 11 is 0. The molecule has 84 heavy (non-hydrogen) atoms. The monoisotopic (exact) mass is 1170 g/mol. The van der Waals surface area contributed by atoms with Crippen molar-refractivity contribution >= 4 is 5.91 Å². The number of hydrogen-bond acceptors (Lipinski definition) is 10. The van der Waals surface area contributed by atoms with E-state index in [2.05, 4.69) is 33.0 Å². The zero-order valence-corrected chi connectivity index (χ0v) is 54.0. The van der Waals surface area contributed by atoms with Gasteiger partial charge in [0, 0.05) is 23.8 Å². The van der Waals surface area contributed by atoms with E-state index in [0.717, 1.165) is 85.5 Å². The lowest BCUT2D eigenvalue weighted by Crippen LogP contribution is -2.57. The second kappa shape index (κ2) is 50.9. The Morgan fingerprint density at radius 1 is 0.310 bits per heavy atom. The highest BCUT2D eigenvalue weighted by molar-refractivity contribution is 5.95. The number of amides is 1. The van der Waals surface area contributed by atoms with Crippen LogP contribution in [0, 0.1) is 0 Å². The first-order valence-corrected chi connectivity index (χ1v) is 34.7. The Hall–Kier alpha value is -4.19. The van der Waals surface area contributed by atoms with Crippen LogP contribution < -0.4 is 33.7 Å². The molecule has 4 N–H and O–H groups in total. The van der Waals surface area contributed by atoms with Gasteiger partial charge < -0.3 is 49.1 Å². The highest BCUT2D eigenvalue weighted by Crippen LogP contribution is 2.30. The summed E-state index contributed by atoms with van der Waals surface area (Å²) in [6.45, 7) is 9.87. The van der Waals surface area contributed by atoms with Gasteiger partial charge in [0.25, 0.3) is 5.91 Å². The molecule has 0 aliphatic heterocycles. The van der Waals surface area contributed by atoms with Crippen molar-refractivity contribution < 1.29 is 48.5 Å². The SMILES string of the molecule is CCCCCCCCCCCCOc1cc(COc2cc(OCc3cc(OCCCCCCCCCCCC)cc(OCCCCCCCCCCCC)c3)cc(C(=O)NC(CO)(CO)CO)c2)cc(OCCCCCCCCCCCC)c1. The molecule has 0 bridgehead atoms. The fourth-order valence-corrected chi connectivity index (χ4v) is 10.7. The maximum atomic E-state index is 13.9. The molecule has 1 amide bonds. The van der Waals surface area contributed by atoms with Crippen LogP contribution in [0.15, 0.2) is 54.6 Å². The Bertz CT molecular complexity index is 1800. The standard InChI is InChI=1S/C73H123NO10/c1-5-9-13-17-21-25-29-33-37-41-45-79-66-49-63(50-67(55-66)80-46-42-38-34-30-26-22-18-14-10-6-2)58-83-70-53-65(72(78)74-73(60-75,61-76)62-77)54-71(57-70)84-59-64-51-68(81-47-43-39-35-31-27-23-19-15-11-7-3)56-69(52-64)82-48-44-40-36-32-28-24-20-16-12-8-4/h49-57,75-77H,5-48,58-62H2,1-4H3,(H,74,78). The van der Waals surface area contributed by atoms with Crippen molar-refractivity contribution in [1.29, 1.82) is 0 Å². The Balaban J connectivity index is 1.78. The molecule has 3 rings (SSSR count). The topological polar surface area (TPSA) is 145 Å². The molecule has 3 aromatic carbocycles. The van der Waals surface area contributed by atoms with E-state index >= 15 is 0 Å². The Morgan fingerprint density at radius 3 is 0.750 bits per heavy atom. The third-order valence-corrected chi connectivity index (χ3v) is 16.2. The molecule has 0 unspecified atom stereocenters. The summed E-state index contributed by atoms with van der Waals surface area (Å²) in [7, 11) is 0. The van der Waals surface area contributed by atoms with Gasteiger partial charge in [0.05, 0.1) is 46.2 Å². The minimum atomic E-state index is -1.63. The normalized spacial score (nSPS) is 11.5. The van der Waals surface area contributed by atoms with Gasteiger partial charge in [-0.1, -0.05) is 259 Å². The Morgan fingerprint density at radius 2 is 0.524 bits per heavy atom. The summed E-state index contributed by atoms with van der Waals surface area (Å²) in [5.41, 5.74) is 0.244. The zero-order valence-electron chi connectivity index (χ0n) is 54.0. The number of unbranched alkanes of at least 4 members (excludes halogenated alkanes) is 36. The predicted molar refractivity (Wildman–Crippen MR) is 349 cm³/mol. The maximum Gasteiger partial charge on any atom is 0.252 e. The Kier molecular flexibility index (Phi) is 44.9. The quantitative estimate of drug-likeness (QED) is 0.0403. The zero-order chi connectivity index (χ0) is 60.2. The molecule has 0 saturated carbocycles. The third-order valence-electron chi connectivity index (χ3n) is 16.2. The lowest BCUT2D eigenvalue weighted by Gasteiger charge is -2.28. The van der Waals surface area contributed by atoms with Crippen LogP contribution in [-0.2, 0) is 13.2 Å². The number of benzene rings is 3. The van der Waals surface area contributed by atoms with Crippen molar-refractivity contribution in [2.75, 3.05) is 46.2 Å². The molecule has 0 heterocycles. The van der Waals surface area contributed by atoms with Gasteiger partial charge >= 0.3 is 0 Å². The molecule has 480 valence electrons. The van der Waals surface area contributed by atoms with E-state index in [-0.39, 0.29) is 18.8 Å². The number of nitrogens with one attached hydrogen (secondary N) is 1. The minimum absolute atomic E-state index is 0.153. The maximum absolute atomic E-state index is 13.9. The highest BCUT2D eigenvalue weighted by atomic mass is 16.5. The lowest BCUT2D eigenvalue weighted by molar-refractivity contribution is 0.0375. The van der Waals surface area contributed by atoms with Gasteiger partial charge in [-0.05, 0) is 73.2 Å². The van der Waals surface area contributed by atoms with E-state index in [1.807, 2.05) is 36.4 Å². The van der Waals surface area contributed by atoms with Crippen LogP contribution in [0.5, 0.6) is 34.5 Å². The van der Waals surface area contributed by atoms with Crippen molar-refractivity contribution in [1.82, 2.24) is 5.32 Å². The molecular weight excluding hydrogens is 1050 g/mol. The molecule has 0 spiro atoms. The fraction of sp³-hybridized carbons (Fsp3) is 0.740. The second-order valence-corrected chi connectivity index (χ2v) is 24.2. The van der Waals surface area contributed by atoms with E-state index in [4.69, 9.17) is 28.4 Å². The van der Waals surface area contributed by atoms with Gasteiger partial charge in [-0.15, -0.1) is 0 Å². The molecule has 0 aromatic heterocycles. The molecule has 0 saturated heterocycles.